The number of hydrazine groups is 1. The second-order valence-electron chi connectivity index (χ2n) is 4.60. The van der Waals surface area contributed by atoms with E-state index in [1.807, 2.05) is 22.6 Å². The van der Waals surface area contributed by atoms with Crippen LogP contribution in [-0.2, 0) is 0 Å². The summed E-state index contributed by atoms with van der Waals surface area (Å²) in [4.78, 5) is 24.2. The Balaban J connectivity index is 1.67. The Morgan fingerprint density at radius 2 is 1.74 bits per heavy atom. The molecule has 2 aromatic rings. The molecule has 6 nitrogen and oxygen atoms in total. The average molecular weight is 445 g/mol. The van der Waals surface area contributed by atoms with Crippen molar-refractivity contribution in [2.75, 3.05) is 6.79 Å². The van der Waals surface area contributed by atoms with Crippen molar-refractivity contribution < 1.29 is 19.1 Å². The summed E-state index contributed by atoms with van der Waals surface area (Å²) in [5, 5.41) is 0.442. The van der Waals surface area contributed by atoms with Gasteiger partial charge in [0.25, 0.3) is 11.8 Å². The number of nitrogens with one attached hydrogen (secondary N) is 2. The van der Waals surface area contributed by atoms with Crippen LogP contribution in [0.5, 0.6) is 11.5 Å². The molecule has 8 heteroatoms. The summed E-state index contributed by atoms with van der Waals surface area (Å²) in [5.74, 6) is 0.159. The quantitative estimate of drug-likeness (QED) is 0.552. The molecule has 1 heterocycles. The van der Waals surface area contributed by atoms with Gasteiger partial charge in [0.1, 0.15) is 0 Å². The smallest absolute Gasteiger partial charge is 0.270 e. The lowest BCUT2D eigenvalue weighted by Crippen LogP contribution is -2.41. The molecular weight excluding hydrogens is 435 g/mol. The van der Waals surface area contributed by atoms with Crippen molar-refractivity contribution in [1.29, 1.82) is 0 Å². The van der Waals surface area contributed by atoms with E-state index < -0.39 is 11.8 Å². The van der Waals surface area contributed by atoms with Crippen LogP contribution in [0.3, 0.4) is 0 Å². The molecule has 2 aromatic carbocycles. The van der Waals surface area contributed by atoms with Gasteiger partial charge in [0.15, 0.2) is 11.5 Å². The minimum atomic E-state index is -0.464. The van der Waals surface area contributed by atoms with Crippen LogP contribution in [0.15, 0.2) is 36.4 Å². The number of ether oxygens (including phenoxy) is 2. The van der Waals surface area contributed by atoms with Crippen LogP contribution >= 0.6 is 34.2 Å². The van der Waals surface area contributed by atoms with Crippen molar-refractivity contribution >= 4 is 46.0 Å². The van der Waals surface area contributed by atoms with E-state index in [2.05, 4.69) is 10.9 Å². The lowest BCUT2D eigenvalue weighted by molar-refractivity contribution is 0.0846. The van der Waals surface area contributed by atoms with Crippen LogP contribution < -0.4 is 20.3 Å². The number of hydrogen-bond donors (Lipinski definition) is 2. The number of carbonyl (C=O) groups excluding carboxylic acids is 2. The Morgan fingerprint density at radius 1 is 1.00 bits per heavy atom. The van der Waals surface area contributed by atoms with Gasteiger partial charge in [-0.2, -0.15) is 0 Å². The molecule has 0 fully saturated rings. The number of hydrogen-bond acceptors (Lipinski definition) is 4. The molecule has 1 aliphatic heterocycles. The number of halogens is 2. The van der Waals surface area contributed by atoms with Gasteiger partial charge >= 0.3 is 0 Å². The molecule has 0 aliphatic carbocycles. The summed E-state index contributed by atoms with van der Waals surface area (Å²) in [7, 11) is 0. The molecule has 0 saturated heterocycles. The van der Waals surface area contributed by atoms with E-state index in [1.54, 1.807) is 30.3 Å². The van der Waals surface area contributed by atoms with E-state index in [4.69, 9.17) is 21.1 Å². The zero-order valence-corrected chi connectivity index (χ0v) is 14.5. The zero-order chi connectivity index (χ0) is 16.4. The third-order valence-corrected chi connectivity index (χ3v) is 4.27. The number of carbonyl (C=O) groups is 2. The van der Waals surface area contributed by atoms with Gasteiger partial charge in [0, 0.05) is 14.2 Å². The molecule has 2 N–H and O–H groups in total. The standard InChI is InChI=1S/C15H10ClIN2O4/c16-9-2-3-11(17)10(6-9)15(21)19-18-14(20)8-1-4-12-13(5-8)23-7-22-12/h1-6H,7H2,(H,18,20)(H,19,21). The van der Waals surface area contributed by atoms with Gasteiger partial charge in [-0.25, -0.2) is 0 Å². The van der Waals surface area contributed by atoms with Crippen molar-refractivity contribution in [1.82, 2.24) is 10.9 Å². The molecule has 0 radical (unpaired) electrons. The Labute approximate surface area is 150 Å². The van der Waals surface area contributed by atoms with Crippen molar-refractivity contribution in [2.24, 2.45) is 0 Å². The van der Waals surface area contributed by atoms with Gasteiger partial charge in [0.2, 0.25) is 6.79 Å². The van der Waals surface area contributed by atoms with Gasteiger partial charge in [-0.15, -0.1) is 0 Å². The fraction of sp³-hybridized carbons (Fsp3) is 0.0667. The molecule has 118 valence electrons. The minimum absolute atomic E-state index is 0.129. The van der Waals surface area contributed by atoms with Gasteiger partial charge in [-0.05, 0) is 59.0 Å². The minimum Gasteiger partial charge on any atom is -0.454 e. The maximum absolute atomic E-state index is 12.1. The van der Waals surface area contributed by atoms with Crippen LogP contribution in [0.2, 0.25) is 5.02 Å². The molecule has 23 heavy (non-hydrogen) atoms. The molecule has 2 amide bonds. The number of amides is 2. The highest BCUT2D eigenvalue weighted by molar-refractivity contribution is 14.1. The Hall–Kier alpha value is -2.00. The third kappa shape index (κ3) is 3.50. The third-order valence-electron chi connectivity index (χ3n) is 3.10. The highest BCUT2D eigenvalue weighted by Gasteiger charge is 2.17. The summed E-state index contributed by atoms with van der Waals surface area (Å²) in [6.07, 6.45) is 0. The molecule has 0 unspecified atom stereocenters. The molecule has 3 rings (SSSR count). The second-order valence-corrected chi connectivity index (χ2v) is 6.20. The fourth-order valence-electron chi connectivity index (χ4n) is 1.96. The van der Waals surface area contributed by atoms with Crippen LogP contribution in [0.1, 0.15) is 20.7 Å². The summed E-state index contributed by atoms with van der Waals surface area (Å²) < 4.78 is 11.1. The lowest BCUT2D eigenvalue weighted by Gasteiger charge is -2.09. The number of rotatable bonds is 2. The summed E-state index contributed by atoms with van der Waals surface area (Å²) in [6, 6.07) is 9.71. The molecular formula is C15H10ClIN2O4. The fourth-order valence-corrected chi connectivity index (χ4v) is 2.71. The first-order valence-electron chi connectivity index (χ1n) is 6.50. The maximum atomic E-state index is 12.1. The van der Waals surface area contributed by atoms with Crippen LogP contribution in [0.25, 0.3) is 0 Å². The topological polar surface area (TPSA) is 76.7 Å². The lowest BCUT2D eigenvalue weighted by atomic mass is 10.2. The molecule has 1 aliphatic rings. The van der Waals surface area contributed by atoms with Crippen LogP contribution in [0, 0.1) is 3.57 Å². The zero-order valence-electron chi connectivity index (χ0n) is 11.6. The first-order valence-corrected chi connectivity index (χ1v) is 7.95. The predicted molar refractivity (Wildman–Crippen MR) is 91.7 cm³/mol. The molecule has 0 spiro atoms. The van der Waals surface area contributed by atoms with Gasteiger partial charge in [-0.1, -0.05) is 11.6 Å². The highest BCUT2D eigenvalue weighted by Crippen LogP contribution is 2.32. The molecule has 0 saturated carbocycles. The largest absolute Gasteiger partial charge is 0.454 e. The summed E-state index contributed by atoms with van der Waals surface area (Å²) in [5.41, 5.74) is 5.43. The van der Waals surface area contributed by atoms with Crippen molar-refractivity contribution in [3.63, 3.8) is 0 Å². The Kier molecular flexibility index (Phi) is 4.58. The van der Waals surface area contributed by atoms with E-state index in [-0.39, 0.29) is 6.79 Å². The summed E-state index contributed by atoms with van der Waals surface area (Å²) in [6.45, 7) is 0.129. The first kappa shape index (κ1) is 15.9. The van der Waals surface area contributed by atoms with Crippen LogP contribution in [0.4, 0.5) is 0 Å². The van der Waals surface area contributed by atoms with E-state index in [0.29, 0.717) is 27.6 Å². The predicted octanol–water partition coefficient (Wildman–Crippen LogP) is 2.75. The highest BCUT2D eigenvalue weighted by atomic mass is 127. The van der Waals surface area contributed by atoms with Gasteiger partial charge in [-0.3, -0.25) is 20.4 Å². The molecule has 0 bridgehead atoms. The second kappa shape index (κ2) is 6.63. The number of fused-ring (bicyclic) bond motifs is 1. The van der Waals surface area contributed by atoms with Crippen LogP contribution in [-0.4, -0.2) is 18.6 Å². The maximum Gasteiger partial charge on any atom is 0.270 e. The first-order chi connectivity index (χ1) is 11.0. The molecule has 0 atom stereocenters. The van der Waals surface area contributed by atoms with Crippen molar-refractivity contribution in [2.45, 2.75) is 0 Å². The van der Waals surface area contributed by atoms with Gasteiger partial charge in [0.05, 0.1) is 5.56 Å². The average Bonchev–Trinajstić information content (AvgIpc) is 3.02. The normalized spacial score (nSPS) is 11.9. The summed E-state index contributed by atoms with van der Waals surface area (Å²) >= 11 is 7.90. The molecule has 0 aromatic heterocycles. The SMILES string of the molecule is O=C(NNC(=O)c1cc(Cl)ccc1I)c1ccc2c(c1)OCO2. The monoisotopic (exact) mass is 444 g/mol. The number of benzene rings is 2. The van der Waals surface area contributed by atoms with E-state index in [1.165, 1.54) is 6.07 Å². The van der Waals surface area contributed by atoms with E-state index >= 15 is 0 Å². The van der Waals surface area contributed by atoms with Gasteiger partial charge < -0.3 is 9.47 Å². The van der Waals surface area contributed by atoms with Crippen molar-refractivity contribution in [3.05, 3.63) is 56.1 Å². The van der Waals surface area contributed by atoms with Crippen molar-refractivity contribution in [3.8, 4) is 11.5 Å². The van der Waals surface area contributed by atoms with E-state index in [0.717, 1.165) is 3.57 Å². The van der Waals surface area contributed by atoms with E-state index in [9.17, 15) is 9.59 Å². The Morgan fingerprint density at radius 3 is 2.57 bits per heavy atom. The Bertz CT molecular complexity index is 797.